The second-order valence-electron chi connectivity index (χ2n) is 4.53. The molecule has 2 heteroatoms. The molecule has 0 N–H and O–H groups in total. The summed E-state index contributed by atoms with van der Waals surface area (Å²) in [4.78, 5) is 12.2. The minimum atomic E-state index is -0.302. The topological polar surface area (TPSA) is 40.9 Å². The molecule has 2 aliphatic carbocycles. The largest absolute Gasteiger partial charge is 0.293 e. The summed E-state index contributed by atoms with van der Waals surface area (Å²) in [5.41, 5.74) is 1.70. The Bertz CT molecular complexity index is 486. The lowest BCUT2D eigenvalue weighted by Gasteiger charge is -2.22. The lowest BCUT2D eigenvalue weighted by molar-refractivity contribution is 0.0872. The second kappa shape index (κ2) is 2.70. The van der Waals surface area contributed by atoms with Gasteiger partial charge in [-0.05, 0) is 24.8 Å². The molecule has 0 bridgehead atoms. The number of Topliss-reactive ketones (excluding diaryl/α,β-unsaturated/α-hetero) is 1. The van der Waals surface area contributed by atoms with Crippen LogP contribution >= 0.6 is 0 Å². The van der Waals surface area contributed by atoms with Crippen molar-refractivity contribution >= 4 is 5.78 Å². The SMILES string of the molecule is N#C[C@@H]1C[C@@]12CCc1ccccc1C2=O. The molecule has 1 fully saturated rings. The van der Waals surface area contributed by atoms with Crippen LogP contribution in [0.1, 0.15) is 28.8 Å². The molecule has 0 heterocycles. The number of carbonyl (C=O) groups excluding carboxylic acids is 1. The third kappa shape index (κ3) is 1.01. The predicted octanol–water partition coefficient (Wildman–Crippen LogP) is 2.35. The Morgan fingerprint density at radius 1 is 1.40 bits per heavy atom. The van der Waals surface area contributed by atoms with Crippen LogP contribution in [0.15, 0.2) is 24.3 Å². The van der Waals surface area contributed by atoms with E-state index in [0.717, 1.165) is 30.4 Å². The molecule has 0 aliphatic heterocycles. The Labute approximate surface area is 88.5 Å². The molecule has 3 rings (SSSR count). The van der Waals surface area contributed by atoms with Gasteiger partial charge in [-0.15, -0.1) is 0 Å². The van der Waals surface area contributed by atoms with Gasteiger partial charge in [-0.2, -0.15) is 5.26 Å². The fraction of sp³-hybridized carbons (Fsp3) is 0.385. The van der Waals surface area contributed by atoms with Crippen molar-refractivity contribution < 1.29 is 4.79 Å². The summed E-state index contributed by atoms with van der Waals surface area (Å²) >= 11 is 0. The molecule has 0 unspecified atom stereocenters. The Morgan fingerprint density at radius 2 is 2.20 bits per heavy atom. The van der Waals surface area contributed by atoms with Crippen molar-refractivity contribution in [1.82, 2.24) is 0 Å². The Hall–Kier alpha value is -1.62. The molecule has 1 spiro atoms. The summed E-state index contributed by atoms with van der Waals surface area (Å²) in [5.74, 6) is 0.175. The number of nitriles is 1. The van der Waals surface area contributed by atoms with Crippen molar-refractivity contribution in [2.24, 2.45) is 11.3 Å². The first-order chi connectivity index (χ1) is 7.28. The number of ketones is 1. The maximum Gasteiger partial charge on any atom is 0.170 e. The highest BCUT2D eigenvalue weighted by molar-refractivity contribution is 6.05. The average molecular weight is 197 g/mol. The van der Waals surface area contributed by atoms with Crippen LogP contribution < -0.4 is 0 Å². The Kier molecular flexibility index (Phi) is 1.56. The van der Waals surface area contributed by atoms with Crippen molar-refractivity contribution in [1.29, 1.82) is 5.26 Å². The van der Waals surface area contributed by atoms with E-state index in [1.165, 1.54) is 0 Å². The first-order valence-corrected chi connectivity index (χ1v) is 5.30. The molecule has 0 radical (unpaired) electrons. The second-order valence-corrected chi connectivity index (χ2v) is 4.53. The highest BCUT2D eigenvalue weighted by Gasteiger charge is 2.61. The van der Waals surface area contributed by atoms with Crippen LogP contribution in [0.25, 0.3) is 0 Å². The zero-order chi connectivity index (χ0) is 10.5. The maximum absolute atomic E-state index is 12.2. The van der Waals surface area contributed by atoms with Crippen LogP contribution in [0.5, 0.6) is 0 Å². The summed E-state index contributed by atoms with van der Waals surface area (Å²) in [6.07, 6.45) is 2.58. The van der Waals surface area contributed by atoms with E-state index in [0.29, 0.717) is 0 Å². The highest BCUT2D eigenvalue weighted by Crippen LogP contribution is 2.59. The van der Waals surface area contributed by atoms with Gasteiger partial charge in [0, 0.05) is 5.56 Å². The minimum Gasteiger partial charge on any atom is -0.293 e. The van der Waals surface area contributed by atoms with Crippen molar-refractivity contribution in [2.75, 3.05) is 0 Å². The van der Waals surface area contributed by atoms with E-state index in [1.807, 2.05) is 24.3 Å². The molecule has 1 aromatic carbocycles. The first kappa shape index (κ1) is 8.67. The Balaban J connectivity index is 2.05. The molecule has 1 saturated carbocycles. The molecule has 2 aliphatic rings. The maximum atomic E-state index is 12.2. The summed E-state index contributed by atoms with van der Waals surface area (Å²) < 4.78 is 0. The summed E-state index contributed by atoms with van der Waals surface area (Å²) in [6, 6.07) is 10.0. The van der Waals surface area contributed by atoms with Crippen LogP contribution in [-0.4, -0.2) is 5.78 Å². The lowest BCUT2D eigenvalue weighted by Crippen LogP contribution is -2.25. The number of hydrogen-bond acceptors (Lipinski definition) is 2. The lowest BCUT2D eigenvalue weighted by atomic mass is 9.79. The van der Waals surface area contributed by atoms with Crippen LogP contribution in [-0.2, 0) is 6.42 Å². The van der Waals surface area contributed by atoms with Crippen LogP contribution in [0, 0.1) is 22.7 Å². The fourth-order valence-electron chi connectivity index (χ4n) is 2.70. The third-order valence-corrected chi connectivity index (χ3v) is 3.79. The monoisotopic (exact) mass is 197 g/mol. The molecule has 1 aromatic rings. The van der Waals surface area contributed by atoms with Gasteiger partial charge in [0.1, 0.15) is 0 Å². The van der Waals surface area contributed by atoms with Gasteiger partial charge < -0.3 is 0 Å². The Morgan fingerprint density at radius 3 is 2.93 bits per heavy atom. The zero-order valence-corrected chi connectivity index (χ0v) is 8.36. The molecule has 74 valence electrons. The van der Waals surface area contributed by atoms with Crippen LogP contribution in [0.4, 0.5) is 0 Å². The molecular weight excluding hydrogens is 186 g/mol. The van der Waals surface area contributed by atoms with Crippen molar-refractivity contribution in [3.8, 4) is 6.07 Å². The van der Waals surface area contributed by atoms with Gasteiger partial charge in [0.2, 0.25) is 0 Å². The van der Waals surface area contributed by atoms with Gasteiger partial charge in [-0.1, -0.05) is 24.3 Å². The van der Waals surface area contributed by atoms with E-state index in [2.05, 4.69) is 6.07 Å². The number of benzene rings is 1. The van der Waals surface area contributed by atoms with Gasteiger partial charge in [0.05, 0.1) is 17.4 Å². The summed E-state index contributed by atoms with van der Waals surface area (Å²) in [7, 11) is 0. The normalized spacial score (nSPS) is 32.2. The van der Waals surface area contributed by atoms with Crippen molar-refractivity contribution in [3.63, 3.8) is 0 Å². The van der Waals surface area contributed by atoms with E-state index in [4.69, 9.17) is 5.26 Å². The first-order valence-electron chi connectivity index (χ1n) is 5.30. The number of carbonyl (C=O) groups is 1. The average Bonchev–Trinajstić information content (AvgIpc) is 2.99. The predicted molar refractivity (Wildman–Crippen MR) is 55.2 cm³/mol. The number of hydrogen-bond donors (Lipinski definition) is 0. The van der Waals surface area contributed by atoms with Crippen LogP contribution in [0.3, 0.4) is 0 Å². The van der Waals surface area contributed by atoms with Gasteiger partial charge in [-0.3, -0.25) is 4.79 Å². The zero-order valence-electron chi connectivity index (χ0n) is 8.36. The molecule has 0 amide bonds. The molecule has 2 atom stereocenters. The number of rotatable bonds is 0. The van der Waals surface area contributed by atoms with E-state index >= 15 is 0 Å². The van der Waals surface area contributed by atoms with Crippen molar-refractivity contribution in [3.05, 3.63) is 35.4 Å². The van der Waals surface area contributed by atoms with E-state index in [1.54, 1.807) is 0 Å². The van der Waals surface area contributed by atoms with Crippen molar-refractivity contribution in [2.45, 2.75) is 19.3 Å². The fourth-order valence-corrected chi connectivity index (χ4v) is 2.70. The van der Waals surface area contributed by atoms with Crippen LogP contribution in [0.2, 0.25) is 0 Å². The molecule has 0 aromatic heterocycles. The number of aryl methyl sites for hydroxylation is 1. The highest BCUT2D eigenvalue weighted by atomic mass is 16.1. The molecule has 2 nitrogen and oxygen atoms in total. The van der Waals surface area contributed by atoms with Gasteiger partial charge in [-0.25, -0.2) is 0 Å². The van der Waals surface area contributed by atoms with Gasteiger partial charge >= 0.3 is 0 Å². The molecule has 15 heavy (non-hydrogen) atoms. The number of fused-ring (bicyclic) bond motifs is 1. The summed E-state index contributed by atoms with van der Waals surface area (Å²) in [5, 5.41) is 8.89. The van der Waals surface area contributed by atoms with Gasteiger partial charge in [0.15, 0.2) is 5.78 Å². The van der Waals surface area contributed by atoms with E-state index < -0.39 is 0 Å². The van der Waals surface area contributed by atoms with E-state index in [9.17, 15) is 4.79 Å². The standard InChI is InChI=1S/C13H11NO/c14-8-10-7-13(10)6-5-9-3-1-2-4-11(9)12(13)15/h1-4,10H,5-7H2/t10-,13-/m0/s1. The minimum absolute atomic E-state index is 0.0293. The number of nitrogens with zero attached hydrogens (tertiary/aromatic N) is 1. The van der Waals surface area contributed by atoms with Gasteiger partial charge in [0.25, 0.3) is 0 Å². The molecular formula is C13H11NO. The molecule has 0 saturated heterocycles. The van der Waals surface area contributed by atoms with E-state index in [-0.39, 0.29) is 17.1 Å². The third-order valence-electron chi connectivity index (χ3n) is 3.79. The smallest absolute Gasteiger partial charge is 0.170 e. The quantitative estimate of drug-likeness (QED) is 0.640. The summed E-state index contributed by atoms with van der Waals surface area (Å²) in [6.45, 7) is 0.